The van der Waals surface area contributed by atoms with Crippen LogP contribution in [-0.4, -0.2) is 11.7 Å². The maximum Gasteiger partial charge on any atom is 0.267 e. The van der Waals surface area contributed by atoms with Gasteiger partial charge in [0, 0.05) is 23.1 Å². The van der Waals surface area contributed by atoms with Crippen LogP contribution in [0, 0.1) is 25.2 Å². The highest BCUT2D eigenvalue weighted by Gasteiger charge is 2.10. The quantitative estimate of drug-likeness (QED) is 0.493. The van der Waals surface area contributed by atoms with Crippen LogP contribution in [0.5, 0.6) is 0 Å². The zero-order valence-electron chi connectivity index (χ0n) is 14.4. The zero-order chi connectivity index (χ0) is 18.4. The lowest BCUT2D eigenvalue weighted by Gasteiger charge is -2.09. The number of hydrogen-bond donors (Lipinski definition) is 2. The van der Waals surface area contributed by atoms with Crippen molar-refractivity contribution in [2.75, 3.05) is 10.6 Å². The summed E-state index contributed by atoms with van der Waals surface area (Å²) in [6.07, 6.45) is 1.35. The first-order valence-electron chi connectivity index (χ1n) is 7.77. The molecule has 0 atom stereocenters. The fraction of sp³-hybridized carbons (Fsp3) is 0.150. The van der Waals surface area contributed by atoms with E-state index < -0.39 is 5.91 Å². The van der Waals surface area contributed by atoms with Crippen molar-refractivity contribution in [1.82, 2.24) is 0 Å². The van der Waals surface area contributed by atoms with Crippen molar-refractivity contribution in [2.45, 2.75) is 20.8 Å². The van der Waals surface area contributed by atoms with E-state index in [2.05, 4.69) is 10.6 Å². The molecule has 0 aliphatic rings. The number of ketones is 1. The largest absolute Gasteiger partial charge is 0.360 e. The molecule has 0 aliphatic heterocycles. The first-order chi connectivity index (χ1) is 11.9. The monoisotopic (exact) mass is 333 g/mol. The minimum atomic E-state index is -0.484. The van der Waals surface area contributed by atoms with Crippen LogP contribution in [0.1, 0.15) is 28.4 Å². The van der Waals surface area contributed by atoms with Crippen LogP contribution in [-0.2, 0) is 4.79 Å². The van der Waals surface area contributed by atoms with Crippen LogP contribution in [0.15, 0.2) is 54.2 Å². The minimum absolute atomic E-state index is 0.0207. The fourth-order valence-corrected chi connectivity index (χ4v) is 2.25. The summed E-state index contributed by atoms with van der Waals surface area (Å²) in [5, 5.41) is 14.8. The van der Waals surface area contributed by atoms with Crippen LogP contribution in [0.25, 0.3) is 0 Å². The molecule has 0 saturated carbocycles. The maximum atomic E-state index is 12.3. The predicted molar refractivity (Wildman–Crippen MR) is 98.3 cm³/mol. The van der Waals surface area contributed by atoms with Crippen LogP contribution in [0.3, 0.4) is 0 Å². The average molecular weight is 333 g/mol. The van der Waals surface area contributed by atoms with E-state index in [1.807, 2.05) is 38.1 Å². The molecule has 0 aromatic heterocycles. The Kier molecular flexibility index (Phi) is 5.70. The van der Waals surface area contributed by atoms with E-state index in [0.717, 1.165) is 11.1 Å². The lowest BCUT2D eigenvalue weighted by atomic mass is 10.1. The summed E-state index contributed by atoms with van der Waals surface area (Å²) in [4.78, 5) is 23.5. The number of anilines is 2. The number of nitrogens with zero attached hydrogens (tertiary/aromatic N) is 1. The summed E-state index contributed by atoms with van der Waals surface area (Å²) < 4.78 is 0. The number of rotatable bonds is 5. The van der Waals surface area contributed by atoms with Gasteiger partial charge < -0.3 is 10.6 Å². The predicted octanol–water partition coefficient (Wildman–Crippen LogP) is 3.96. The molecule has 1 amide bonds. The maximum absolute atomic E-state index is 12.3. The third kappa shape index (κ3) is 4.79. The molecule has 2 aromatic rings. The minimum Gasteiger partial charge on any atom is -0.360 e. The molecule has 25 heavy (non-hydrogen) atoms. The number of Topliss-reactive ketones (excluding diaryl/α,β-unsaturated/α-hetero) is 1. The summed E-state index contributed by atoms with van der Waals surface area (Å²) in [6, 6.07) is 14.3. The van der Waals surface area contributed by atoms with Gasteiger partial charge in [-0.1, -0.05) is 17.7 Å². The highest BCUT2D eigenvalue weighted by molar-refractivity contribution is 6.07. The molecule has 0 heterocycles. The Balaban J connectivity index is 2.09. The molecule has 0 fully saturated rings. The number of nitriles is 1. The molecule has 2 rings (SSSR count). The molecular weight excluding hydrogens is 314 g/mol. The third-order valence-electron chi connectivity index (χ3n) is 3.67. The summed E-state index contributed by atoms with van der Waals surface area (Å²) in [5.41, 5.74) is 3.93. The molecule has 2 aromatic carbocycles. The summed E-state index contributed by atoms with van der Waals surface area (Å²) in [5.74, 6) is -0.505. The third-order valence-corrected chi connectivity index (χ3v) is 3.67. The lowest BCUT2D eigenvalue weighted by Crippen LogP contribution is -2.15. The van der Waals surface area contributed by atoms with Crippen molar-refractivity contribution in [3.63, 3.8) is 0 Å². The van der Waals surface area contributed by atoms with Gasteiger partial charge in [0.2, 0.25) is 0 Å². The summed E-state index contributed by atoms with van der Waals surface area (Å²) in [7, 11) is 0. The van der Waals surface area contributed by atoms with E-state index in [1.165, 1.54) is 13.1 Å². The van der Waals surface area contributed by atoms with Gasteiger partial charge in [0.25, 0.3) is 5.91 Å². The van der Waals surface area contributed by atoms with Crippen LogP contribution in [0.2, 0.25) is 0 Å². The highest BCUT2D eigenvalue weighted by atomic mass is 16.1. The van der Waals surface area contributed by atoms with E-state index >= 15 is 0 Å². The number of carbonyl (C=O) groups is 2. The molecule has 0 saturated heterocycles. The van der Waals surface area contributed by atoms with Gasteiger partial charge in [-0.3, -0.25) is 9.59 Å². The second kappa shape index (κ2) is 7.93. The van der Waals surface area contributed by atoms with Crippen molar-refractivity contribution >= 4 is 23.1 Å². The lowest BCUT2D eigenvalue weighted by molar-refractivity contribution is -0.112. The van der Waals surface area contributed by atoms with Crippen molar-refractivity contribution in [1.29, 1.82) is 5.26 Å². The molecule has 126 valence electrons. The Morgan fingerprint density at radius 3 is 2.32 bits per heavy atom. The van der Waals surface area contributed by atoms with Gasteiger partial charge in [-0.15, -0.1) is 0 Å². The molecule has 0 unspecified atom stereocenters. The van der Waals surface area contributed by atoms with E-state index in [9.17, 15) is 14.9 Å². The van der Waals surface area contributed by atoms with Gasteiger partial charge in [0.15, 0.2) is 5.78 Å². The number of amides is 1. The highest BCUT2D eigenvalue weighted by Crippen LogP contribution is 2.17. The van der Waals surface area contributed by atoms with Crippen molar-refractivity contribution in [3.05, 3.63) is 70.9 Å². The standard InChI is InChI=1S/C20H19N3O2/c1-13-4-9-19(14(2)10-13)23-20(25)17(11-21)12-22-18-7-5-16(6-8-18)15(3)24/h4-10,12,22H,1-3H3,(H,23,25)/b17-12-. The molecule has 5 heteroatoms. The Morgan fingerprint density at radius 2 is 1.76 bits per heavy atom. The molecule has 2 N–H and O–H groups in total. The van der Waals surface area contributed by atoms with Crippen molar-refractivity contribution in [2.24, 2.45) is 0 Å². The second-order valence-electron chi connectivity index (χ2n) is 5.72. The van der Waals surface area contributed by atoms with Crippen molar-refractivity contribution in [3.8, 4) is 6.07 Å². The van der Waals surface area contributed by atoms with Crippen LogP contribution < -0.4 is 10.6 Å². The van der Waals surface area contributed by atoms with E-state index in [0.29, 0.717) is 16.9 Å². The number of nitrogens with one attached hydrogen (secondary N) is 2. The van der Waals surface area contributed by atoms with Gasteiger partial charge in [-0.05, 0) is 56.7 Å². The van der Waals surface area contributed by atoms with Crippen LogP contribution >= 0.6 is 0 Å². The topological polar surface area (TPSA) is 82.0 Å². The first kappa shape index (κ1) is 18.0. The second-order valence-corrected chi connectivity index (χ2v) is 5.72. The van der Waals surface area contributed by atoms with Gasteiger partial charge in [0.1, 0.15) is 11.6 Å². The molecule has 0 bridgehead atoms. The van der Waals surface area contributed by atoms with Gasteiger partial charge >= 0.3 is 0 Å². The van der Waals surface area contributed by atoms with Gasteiger partial charge in [-0.2, -0.15) is 5.26 Å². The summed E-state index contributed by atoms with van der Waals surface area (Å²) >= 11 is 0. The average Bonchev–Trinajstić information content (AvgIpc) is 2.58. The number of hydrogen-bond acceptors (Lipinski definition) is 4. The molecule has 0 spiro atoms. The Bertz CT molecular complexity index is 875. The van der Waals surface area contributed by atoms with E-state index in [-0.39, 0.29) is 11.4 Å². The normalized spacial score (nSPS) is 10.7. The van der Waals surface area contributed by atoms with E-state index in [1.54, 1.807) is 24.3 Å². The molecule has 0 radical (unpaired) electrons. The number of aryl methyl sites for hydroxylation is 2. The Hall–Kier alpha value is -3.39. The van der Waals surface area contributed by atoms with Crippen LogP contribution in [0.4, 0.5) is 11.4 Å². The summed E-state index contributed by atoms with van der Waals surface area (Å²) in [6.45, 7) is 5.36. The van der Waals surface area contributed by atoms with Gasteiger partial charge in [0.05, 0.1) is 0 Å². The van der Waals surface area contributed by atoms with E-state index in [4.69, 9.17) is 0 Å². The van der Waals surface area contributed by atoms with Crippen molar-refractivity contribution < 1.29 is 9.59 Å². The fourth-order valence-electron chi connectivity index (χ4n) is 2.25. The molecule has 0 aliphatic carbocycles. The van der Waals surface area contributed by atoms with Gasteiger partial charge in [-0.25, -0.2) is 0 Å². The number of carbonyl (C=O) groups excluding carboxylic acids is 2. The Morgan fingerprint density at radius 1 is 1.08 bits per heavy atom. The number of benzene rings is 2. The molecule has 5 nitrogen and oxygen atoms in total. The SMILES string of the molecule is CC(=O)c1ccc(N/C=C(/C#N)C(=O)Nc2ccc(C)cc2C)cc1. The molecular formula is C20H19N3O2. The zero-order valence-corrected chi connectivity index (χ0v) is 14.4. The Labute approximate surface area is 147 Å². The smallest absolute Gasteiger partial charge is 0.267 e. The first-order valence-corrected chi connectivity index (χ1v) is 7.77.